The Bertz CT molecular complexity index is 1540. The minimum Gasteiger partial charge on any atom is -0.507 e. The van der Waals surface area contributed by atoms with E-state index in [1.54, 1.807) is 0 Å². The highest BCUT2D eigenvalue weighted by atomic mass is 16.5. The molecule has 0 bridgehead atoms. The molecule has 3 aromatic carbocycles. The van der Waals surface area contributed by atoms with Gasteiger partial charge in [-0.05, 0) is 109 Å². The lowest BCUT2D eigenvalue weighted by Gasteiger charge is -2.34. The van der Waals surface area contributed by atoms with Gasteiger partial charge in [0, 0.05) is 22.3 Å². The Morgan fingerprint density at radius 3 is 2.07 bits per heavy atom. The number of benzene rings is 3. The summed E-state index contributed by atoms with van der Waals surface area (Å²) in [7, 11) is 0. The molecule has 3 aliphatic rings. The molecule has 5 nitrogen and oxygen atoms in total. The first-order valence-electron chi connectivity index (χ1n) is 16.5. The molecule has 0 aliphatic heterocycles. The lowest BCUT2D eigenvalue weighted by molar-refractivity contribution is 0.0689. The minimum atomic E-state index is -0.966. The fourth-order valence-electron chi connectivity index (χ4n) is 7.73. The molecule has 1 fully saturated rings. The van der Waals surface area contributed by atoms with Crippen molar-refractivity contribution < 1.29 is 24.5 Å². The predicted octanol–water partition coefficient (Wildman–Crippen LogP) is 9.03. The number of aromatic carboxylic acids is 1. The molecular formula is C38H46O5. The molecule has 0 saturated heterocycles. The van der Waals surface area contributed by atoms with Gasteiger partial charge >= 0.3 is 5.97 Å². The molecular weight excluding hydrogens is 536 g/mol. The number of hydrogen-bond acceptors (Lipinski definition) is 4. The molecule has 1 saturated carbocycles. The van der Waals surface area contributed by atoms with Crippen molar-refractivity contribution in [1.29, 1.82) is 0 Å². The Morgan fingerprint density at radius 1 is 0.884 bits per heavy atom. The van der Waals surface area contributed by atoms with E-state index in [2.05, 4.69) is 46.8 Å². The third kappa shape index (κ3) is 5.30. The zero-order valence-corrected chi connectivity index (χ0v) is 26.3. The van der Waals surface area contributed by atoms with Crippen LogP contribution >= 0.6 is 0 Å². The van der Waals surface area contributed by atoms with E-state index >= 15 is 0 Å². The monoisotopic (exact) mass is 582 g/mol. The summed E-state index contributed by atoms with van der Waals surface area (Å²) in [6.45, 7) is 11.1. The second-order valence-corrected chi connectivity index (χ2v) is 13.2. The number of fused-ring (bicyclic) bond motifs is 6. The van der Waals surface area contributed by atoms with Gasteiger partial charge in [-0.25, -0.2) is 4.79 Å². The van der Waals surface area contributed by atoms with Crippen molar-refractivity contribution in [3.63, 3.8) is 0 Å². The molecule has 6 rings (SSSR count). The van der Waals surface area contributed by atoms with Crippen LogP contribution in [0.5, 0.6) is 17.2 Å². The van der Waals surface area contributed by atoms with Crippen LogP contribution in [0.4, 0.5) is 0 Å². The second kappa shape index (κ2) is 11.9. The van der Waals surface area contributed by atoms with E-state index in [1.165, 1.54) is 6.42 Å². The molecule has 5 unspecified atom stereocenters. The Labute approximate surface area is 256 Å². The third-order valence-electron chi connectivity index (χ3n) is 10.8. The Kier molecular flexibility index (Phi) is 8.19. The third-order valence-corrected chi connectivity index (χ3v) is 10.8. The molecule has 2 N–H and O–H groups in total. The summed E-state index contributed by atoms with van der Waals surface area (Å²) < 4.78 is 13.1. The number of phenols is 1. The van der Waals surface area contributed by atoms with E-state index in [0.717, 1.165) is 83.4 Å². The second-order valence-electron chi connectivity index (χ2n) is 13.2. The van der Waals surface area contributed by atoms with Gasteiger partial charge in [0.1, 0.15) is 29.5 Å². The standard InChI is InChI=1S/C38H46O5/c1-6-21(3)32(7-2)42-26-15-11-24-13-17-28-34(30(24)19-26)36(38(40)41)35-29(37(28)39)18-14-25-12-16-27(20-31(25)35)43-33-10-8-9-22(4)23(33)5/h11-12,15-16,19-23,32-33,39H,6-10,13-14,17-18H2,1-5H3,(H,40,41). The molecule has 0 amide bonds. The number of carbonyl (C=O) groups is 1. The molecule has 3 aliphatic carbocycles. The van der Waals surface area contributed by atoms with Gasteiger partial charge in [0.05, 0.1) is 5.56 Å². The largest absolute Gasteiger partial charge is 0.507 e. The van der Waals surface area contributed by atoms with Gasteiger partial charge in [-0.2, -0.15) is 0 Å². The summed E-state index contributed by atoms with van der Waals surface area (Å²) in [5.41, 5.74) is 6.98. The van der Waals surface area contributed by atoms with E-state index in [0.29, 0.717) is 41.7 Å². The van der Waals surface area contributed by atoms with Crippen molar-refractivity contribution in [3.05, 3.63) is 64.2 Å². The number of hydrogen-bond donors (Lipinski definition) is 2. The lowest BCUT2D eigenvalue weighted by atomic mass is 9.74. The van der Waals surface area contributed by atoms with Crippen LogP contribution in [0, 0.1) is 17.8 Å². The molecule has 0 aromatic heterocycles. The SMILES string of the molecule is CCC(C)C(CC)Oc1ccc2c(c1)-c1c(c(O)c3c(c1C(=O)O)-c1cc(OC4CCCC(C)C4C)ccc1CC3)CC2. The van der Waals surface area contributed by atoms with Crippen molar-refractivity contribution in [2.24, 2.45) is 17.8 Å². The number of carboxylic acid groups (broad SMARTS) is 1. The van der Waals surface area contributed by atoms with E-state index in [4.69, 9.17) is 9.47 Å². The van der Waals surface area contributed by atoms with Gasteiger partial charge in [-0.3, -0.25) is 0 Å². The van der Waals surface area contributed by atoms with Crippen LogP contribution in [0.2, 0.25) is 0 Å². The van der Waals surface area contributed by atoms with Gasteiger partial charge in [-0.15, -0.1) is 0 Å². The first-order valence-corrected chi connectivity index (χ1v) is 16.5. The zero-order chi connectivity index (χ0) is 30.4. The van der Waals surface area contributed by atoms with Crippen molar-refractivity contribution in [2.45, 2.75) is 105 Å². The molecule has 0 spiro atoms. The number of phenolic OH excluding ortho intramolecular Hbond substituents is 1. The maximum atomic E-state index is 13.2. The quantitative estimate of drug-likeness (QED) is 0.277. The van der Waals surface area contributed by atoms with E-state index < -0.39 is 5.97 Å². The molecule has 43 heavy (non-hydrogen) atoms. The summed E-state index contributed by atoms with van der Waals surface area (Å²) >= 11 is 0. The van der Waals surface area contributed by atoms with Crippen molar-refractivity contribution >= 4 is 5.97 Å². The summed E-state index contributed by atoms with van der Waals surface area (Å²) in [4.78, 5) is 13.2. The number of carboxylic acids is 1. The van der Waals surface area contributed by atoms with Crippen LogP contribution in [-0.4, -0.2) is 28.4 Å². The Morgan fingerprint density at radius 2 is 1.49 bits per heavy atom. The van der Waals surface area contributed by atoms with Gasteiger partial charge < -0.3 is 19.7 Å². The predicted molar refractivity (Wildman–Crippen MR) is 172 cm³/mol. The highest BCUT2D eigenvalue weighted by Crippen LogP contribution is 2.51. The summed E-state index contributed by atoms with van der Waals surface area (Å²) in [5.74, 6) is 2.30. The summed E-state index contributed by atoms with van der Waals surface area (Å²) in [6, 6.07) is 12.2. The summed E-state index contributed by atoms with van der Waals surface area (Å²) in [6.07, 6.45) is 8.32. The van der Waals surface area contributed by atoms with E-state index in [1.807, 2.05) is 24.3 Å². The van der Waals surface area contributed by atoms with E-state index in [9.17, 15) is 15.0 Å². The molecule has 228 valence electrons. The highest BCUT2D eigenvalue weighted by Gasteiger charge is 2.35. The van der Waals surface area contributed by atoms with Crippen molar-refractivity contribution in [1.82, 2.24) is 0 Å². The van der Waals surface area contributed by atoms with Crippen LogP contribution in [-0.2, 0) is 25.7 Å². The van der Waals surface area contributed by atoms with Gasteiger partial charge in [0.25, 0.3) is 0 Å². The lowest BCUT2D eigenvalue weighted by Crippen LogP contribution is -2.33. The molecule has 3 aromatic rings. The van der Waals surface area contributed by atoms with Crippen LogP contribution in [0.25, 0.3) is 22.3 Å². The van der Waals surface area contributed by atoms with Crippen LogP contribution in [0.3, 0.4) is 0 Å². The molecule has 5 heteroatoms. The van der Waals surface area contributed by atoms with Gasteiger partial charge in [-0.1, -0.05) is 59.6 Å². The highest BCUT2D eigenvalue weighted by molar-refractivity contribution is 6.07. The normalized spacial score (nSPS) is 21.9. The van der Waals surface area contributed by atoms with E-state index in [-0.39, 0.29) is 23.5 Å². The van der Waals surface area contributed by atoms with Crippen LogP contribution in [0.15, 0.2) is 36.4 Å². The summed E-state index contributed by atoms with van der Waals surface area (Å²) in [5, 5.41) is 22.6. The Hall–Kier alpha value is -3.47. The number of aromatic hydroxyl groups is 1. The smallest absolute Gasteiger partial charge is 0.336 e. The molecule has 5 atom stereocenters. The topological polar surface area (TPSA) is 76.0 Å². The first-order chi connectivity index (χ1) is 20.7. The first kappa shape index (κ1) is 29.6. The van der Waals surface area contributed by atoms with Crippen LogP contribution < -0.4 is 9.47 Å². The average molecular weight is 583 g/mol. The molecule has 0 heterocycles. The fourth-order valence-corrected chi connectivity index (χ4v) is 7.73. The van der Waals surface area contributed by atoms with Gasteiger partial charge in [0.2, 0.25) is 0 Å². The van der Waals surface area contributed by atoms with Crippen LogP contribution in [0.1, 0.15) is 99.3 Å². The number of rotatable bonds is 8. The molecule has 0 radical (unpaired) electrons. The number of ether oxygens (including phenoxy) is 2. The zero-order valence-electron chi connectivity index (χ0n) is 26.3. The van der Waals surface area contributed by atoms with Crippen molar-refractivity contribution in [3.8, 4) is 39.5 Å². The van der Waals surface area contributed by atoms with Gasteiger partial charge in [0.15, 0.2) is 0 Å². The Balaban J connectivity index is 1.48. The fraction of sp³-hybridized carbons (Fsp3) is 0.500. The maximum Gasteiger partial charge on any atom is 0.336 e. The van der Waals surface area contributed by atoms with Crippen molar-refractivity contribution in [2.75, 3.05) is 0 Å². The maximum absolute atomic E-state index is 13.2. The average Bonchev–Trinajstić information content (AvgIpc) is 3.01. The number of aryl methyl sites for hydroxylation is 2. The minimum absolute atomic E-state index is 0.0853.